The molecule has 0 bridgehead atoms. The van der Waals surface area contributed by atoms with Crippen molar-refractivity contribution >= 4 is 45.8 Å². The molecular weight excluding hydrogens is 531 g/mol. The van der Waals surface area contributed by atoms with Crippen LogP contribution in [0.4, 0.5) is 0 Å². The first-order valence-corrected chi connectivity index (χ1v) is 16.4. The van der Waals surface area contributed by atoms with Gasteiger partial charge in [0.15, 0.2) is 0 Å². The molecule has 5 heterocycles. The molecule has 0 saturated carbocycles. The maximum absolute atomic E-state index is 13.6. The summed E-state index contributed by atoms with van der Waals surface area (Å²) in [6.07, 6.45) is 6.04. The minimum atomic E-state index is -0.395. The van der Waals surface area contributed by atoms with E-state index in [1.807, 2.05) is 6.92 Å². The van der Waals surface area contributed by atoms with Gasteiger partial charge in [0.25, 0.3) is 11.8 Å². The van der Waals surface area contributed by atoms with E-state index in [2.05, 4.69) is 53.7 Å². The molecule has 4 nitrogen and oxygen atoms in total. The number of unbranched alkanes of at least 4 members (excludes halogenated alkanes) is 3. The van der Waals surface area contributed by atoms with Crippen LogP contribution in [0.1, 0.15) is 109 Å². The van der Waals surface area contributed by atoms with Crippen molar-refractivity contribution in [1.29, 1.82) is 0 Å². The number of hydrogen-bond acceptors (Lipinski definition) is 6. The highest BCUT2D eigenvalue weighted by Gasteiger charge is 2.46. The Hall–Kier alpha value is -1.96. The van der Waals surface area contributed by atoms with Crippen LogP contribution in [0.2, 0.25) is 0 Å². The number of thiophene rings is 3. The van der Waals surface area contributed by atoms with Gasteiger partial charge in [-0.15, -0.1) is 34.0 Å². The van der Waals surface area contributed by atoms with E-state index in [4.69, 9.17) is 4.74 Å². The van der Waals surface area contributed by atoms with Crippen LogP contribution in [0.3, 0.4) is 0 Å². The Labute approximate surface area is 239 Å². The topological polar surface area (TPSA) is 46.6 Å². The fourth-order valence-electron chi connectivity index (χ4n) is 6.15. The van der Waals surface area contributed by atoms with Gasteiger partial charge in [0.2, 0.25) is 0 Å². The smallest absolute Gasteiger partial charge is 0.263 e. The molecule has 38 heavy (non-hydrogen) atoms. The Kier molecular flexibility index (Phi) is 7.66. The van der Waals surface area contributed by atoms with Crippen molar-refractivity contribution in [3.63, 3.8) is 0 Å². The second kappa shape index (κ2) is 10.5. The first-order valence-electron chi connectivity index (χ1n) is 14.0. The lowest BCUT2D eigenvalue weighted by molar-refractivity contribution is 0.0209. The van der Waals surface area contributed by atoms with Crippen molar-refractivity contribution in [1.82, 2.24) is 4.90 Å². The van der Waals surface area contributed by atoms with Crippen LogP contribution in [-0.4, -0.2) is 23.3 Å². The van der Waals surface area contributed by atoms with Gasteiger partial charge < -0.3 is 4.74 Å². The molecule has 0 atom stereocenters. The van der Waals surface area contributed by atoms with Gasteiger partial charge in [-0.2, -0.15) is 0 Å². The number of ether oxygens (including phenoxy) is 1. The average molecular weight is 570 g/mol. The Balaban J connectivity index is 1.61. The van der Waals surface area contributed by atoms with Gasteiger partial charge in [-0.05, 0) is 57.1 Å². The van der Waals surface area contributed by atoms with Gasteiger partial charge >= 0.3 is 0 Å². The molecule has 7 heteroatoms. The molecule has 5 rings (SSSR count). The molecule has 0 fully saturated rings. The van der Waals surface area contributed by atoms with Crippen molar-refractivity contribution in [3.05, 3.63) is 38.6 Å². The van der Waals surface area contributed by atoms with Crippen molar-refractivity contribution in [2.24, 2.45) is 11.8 Å². The van der Waals surface area contributed by atoms with Gasteiger partial charge in [-0.3, -0.25) is 14.5 Å². The number of imide groups is 1. The second-order valence-corrected chi connectivity index (χ2v) is 15.3. The van der Waals surface area contributed by atoms with E-state index in [1.54, 1.807) is 34.0 Å². The number of nitrogens with zero attached hydrogens (tertiary/aromatic N) is 1. The molecule has 0 saturated heterocycles. The standard InChI is InChI=1S/C31H39NO3S3/c1-8-9-10-11-12-32-29(33)24-20(7)37-28(25(24)30(32)34)23-14-21-26(38-23)27-22(13-19(6)36-27)35-31(21,15-17(2)3)16-18(4)5/h13-14,17-18H,8-12,15-16H2,1-7H3. The lowest BCUT2D eigenvalue weighted by Crippen LogP contribution is -2.38. The predicted octanol–water partition coefficient (Wildman–Crippen LogP) is 9.68. The summed E-state index contributed by atoms with van der Waals surface area (Å²) < 4.78 is 6.95. The fraction of sp³-hybridized carbons (Fsp3) is 0.548. The van der Waals surface area contributed by atoms with Crippen molar-refractivity contribution in [2.75, 3.05) is 6.54 Å². The Morgan fingerprint density at radius 3 is 2.18 bits per heavy atom. The van der Waals surface area contributed by atoms with E-state index in [1.165, 1.54) is 25.1 Å². The Morgan fingerprint density at radius 2 is 1.53 bits per heavy atom. The molecular formula is C31H39NO3S3. The van der Waals surface area contributed by atoms with Crippen molar-refractivity contribution in [3.8, 4) is 25.3 Å². The molecule has 0 unspecified atom stereocenters. The molecule has 0 spiro atoms. The molecule has 3 aromatic rings. The molecule has 2 amide bonds. The number of hydrogen-bond donors (Lipinski definition) is 0. The van der Waals surface area contributed by atoms with Crippen LogP contribution >= 0.6 is 34.0 Å². The normalized spacial score (nSPS) is 15.9. The van der Waals surface area contributed by atoms with E-state index in [-0.39, 0.29) is 11.8 Å². The lowest BCUT2D eigenvalue weighted by atomic mass is 9.78. The third-order valence-electron chi connectivity index (χ3n) is 7.49. The molecule has 0 aromatic carbocycles. The highest BCUT2D eigenvalue weighted by molar-refractivity contribution is 7.27. The highest BCUT2D eigenvalue weighted by atomic mass is 32.1. The summed E-state index contributed by atoms with van der Waals surface area (Å²) >= 11 is 5.15. The summed E-state index contributed by atoms with van der Waals surface area (Å²) in [5, 5.41) is 0. The van der Waals surface area contributed by atoms with E-state index in [0.29, 0.717) is 29.5 Å². The van der Waals surface area contributed by atoms with Gasteiger partial charge in [-0.25, -0.2) is 0 Å². The number of aryl methyl sites for hydroxylation is 2. The first kappa shape index (κ1) is 27.6. The van der Waals surface area contributed by atoms with Crippen LogP contribution in [0, 0.1) is 25.7 Å². The lowest BCUT2D eigenvalue weighted by Gasteiger charge is -2.40. The average Bonchev–Trinajstić information content (AvgIpc) is 3.56. The summed E-state index contributed by atoms with van der Waals surface area (Å²) in [5.41, 5.74) is 2.10. The van der Waals surface area contributed by atoms with E-state index in [0.717, 1.165) is 58.9 Å². The zero-order valence-electron chi connectivity index (χ0n) is 23.7. The monoisotopic (exact) mass is 569 g/mol. The summed E-state index contributed by atoms with van der Waals surface area (Å²) in [5.74, 6) is 1.70. The van der Waals surface area contributed by atoms with E-state index < -0.39 is 5.60 Å². The largest absolute Gasteiger partial charge is 0.481 e. The summed E-state index contributed by atoms with van der Waals surface area (Å²) in [7, 11) is 0. The number of rotatable bonds is 10. The van der Waals surface area contributed by atoms with Gasteiger partial charge in [-0.1, -0.05) is 53.9 Å². The number of amides is 2. The third kappa shape index (κ3) is 4.69. The molecule has 0 radical (unpaired) electrons. The quantitative estimate of drug-likeness (QED) is 0.180. The first-order chi connectivity index (χ1) is 18.1. The Morgan fingerprint density at radius 1 is 0.842 bits per heavy atom. The van der Waals surface area contributed by atoms with Crippen LogP contribution in [0.25, 0.3) is 19.5 Å². The number of carbonyl (C=O) groups is 2. The molecule has 0 aliphatic carbocycles. The molecule has 3 aromatic heterocycles. The predicted molar refractivity (Wildman–Crippen MR) is 161 cm³/mol. The van der Waals surface area contributed by atoms with Gasteiger partial charge in [0, 0.05) is 26.7 Å². The molecule has 2 aliphatic heterocycles. The summed E-state index contributed by atoms with van der Waals surface area (Å²) in [4.78, 5) is 35.1. The Bertz CT molecular complexity index is 1360. The number of carbonyl (C=O) groups excluding carboxylic acids is 2. The van der Waals surface area contributed by atoms with Crippen molar-refractivity contribution in [2.45, 2.75) is 92.6 Å². The van der Waals surface area contributed by atoms with E-state index in [9.17, 15) is 9.59 Å². The zero-order valence-corrected chi connectivity index (χ0v) is 26.1. The van der Waals surface area contributed by atoms with Gasteiger partial charge in [0.1, 0.15) is 11.4 Å². The van der Waals surface area contributed by atoms with E-state index >= 15 is 0 Å². The minimum Gasteiger partial charge on any atom is -0.481 e. The SMILES string of the molecule is CCCCCCN1C(=O)c2c(C)sc(-c3cc4c(s3)-c3sc(C)cc3OC4(CC(C)C)CC(C)C)c2C1=O. The van der Waals surface area contributed by atoms with Gasteiger partial charge in [0.05, 0.1) is 25.8 Å². The third-order valence-corrected chi connectivity index (χ3v) is 11.1. The molecule has 2 aliphatic rings. The summed E-state index contributed by atoms with van der Waals surface area (Å²) in [6, 6.07) is 4.47. The molecule has 204 valence electrons. The molecule has 0 N–H and O–H groups in total. The minimum absolute atomic E-state index is 0.115. The maximum Gasteiger partial charge on any atom is 0.263 e. The fourth-order valence-corrected chi connectivity index (χ4v) is 9.73. The summed E-state index contributed by atoms with van der Waals surface area (Å²) in [6.45, 7) is 15.9. The highest BCUT2D eigenvalue weighted by Crippen LogP contribution is 2.58. The van der Waals surface area contributed by atoms with Crippen LogP contribution in [0.5, 0.6) is 5.75 Å². The van der Waals surface area contributed by atoms with Crippen molar-refractivity contribution < 1.29 is 14.3 Å². The second-order valence-electron chi connectivity index (χ2n) is 11.8. The maximum atomic E-state index is 13.6. The van der Waals surface area contributed by atoms with Crippen LogP contribution in [-0.2, 0) is 5.60 Å². The zero-order chi connectivity index (χ0) is 27.4. The van der Waals surface area contributed by atoms with Crippen LogP contribution in [0.15, 0.2) is 12.1 Å². The number of fused-ring (bicyclic) bond motifs is 4. The van der Waals surface area contributed by atoms with Crippen LogP contribution < -0.4 is 4.74 Å².